The zero-order valence-corrected chi connectivity index (χ0v) is 8.95. The number of rotatable bonds is 6. The van der Waals surface area contributed by atoms with Gasteiger partial charge in [-0.25, -0.2) is 0 Å². The molecule has 0 saturated carbocycles. The zero-order chi connectivity index (χ0) is 12.1. The van der Waals surface area contributed by atoms with Crippen molar-refractivity contribution in [3.05, 3.63) is 0 Å². The molecule has 3 N–H and O–H groups in total. The fourth-order valence-corrected chi connectivity index (χ4v) is 0.902. The number of carbonyl (C=O) groups excluding carboxylic acids is 1. The third-order valence-electron chi connectivity index (χ3n) is 2.05. The Morgan fingerprint density at radius 1 is 1.33 bits per heavy atom. The first-order valence-corrected chi connectivity index (χ1v) is 4.72. The molecule has 15 heavy (non-hydrogen) atoms. The summed E-state index contributed by atoms with van der Waals surface area (Å²) in [6.07, 6.45) is -4.91. The maximum absolute atomic E-state index is 11.7. The third-order valence-corrected chi connectivity index (χ3v) is 2.05. The van der Waals surface area contributed by atoms with Crippen LogP contribution in [0.4, 0.5) is 13.2 Å². The number of carbonyl (C=O) groups is 1. The highest BCUT2D eigenvalue weighted by Gasteiger charge is 2.27. The van der Waals surface area contributed by atoms with Crippen molar-refractivity contribution in [1.82, 2.24) is 5.32 Å². The topological polar surface area (TPSA) is 55.1 Å². The van der Waals surface area contributed by atoms with E-state index in [1.165, 1.54) is 0 Å². The Morgan fingerprint density at radius 2 is 1.87 bits per heavy atom. The average molecular weight is 226 g/mol. The second-order valence-electron chi connectivity index (χ2n) is 4.14. The van der Waals surface area contributed by atoms with Crippen LogP contribution in [0.1, 0.15) is 26.7 Å². The van der Waals surface area contributed by atoms with Crippen LogP contribution in [-0.2, 0) is 4.79 Å². The van der Waals surface area contributed by atoms with Gasteiger partial charge >= 0.3 is 6.18 Å². The van der Waals surface area contributed by atoms with Crippen LogP contribution in [0, 0.1) is 5.41 Å². The molecule has 0 aromatic carbocycles. The van der Waals surface area contributed by atoms with Gasteiger partial charge in [-0.05, 0) is 26.8 Å². The smallest absolute Gasteiger partial charge is 0.369 e. The number of hydrogen-bond donors (Lipinski definition) is 2. The normalized spacial score (nSPS) is 12.9. The Labute approximate surface area is 87.2 Å². The molecule has 0 aliphatic heterocycles. The fourth-order valence-electron chi connectivity index (χ4n) is 0.902. The van der Waals surface area contributed by atoms with E-state index in [-0.39, 0.29) is 13.0 Å². The van der Waals surface area contributed by atoms with Crippen LogP contribution in [0.5, 0.6) is 0 Å². The van der Waals surface area contributed by atoms with Gasteiger partial charge in [0, 0.05) is 13.0 Å². The molecule has 0 spiro atoms. The third kappa shape index (κ3) is 7.18. The molecule has 0 aliphatic carbocycles. The van der Waals surface area contributed by atoms with Gasteiger partial charge in [0.1, 0.15) is 0 Å². The number of nitrogens with two attached hydrogens (primary N) is 1. The van der Waals surface area contributed by atoms with Gasteiger partial charge in [-0.3, -0.25) is 4.79 Å². The van der Waals surface area contributed by atoms with Crippen molar-refractivity contribution in [3.8, 4) is 0 Å². The lowest BCUT2D eigenvalue weighted by molar-refractivity contribution is -0.135. The second-order valence-corrected chi connectivity index (χ2v) is 4.14. The molecule has 0 heterocycles. The number of hydrogen-bond acceptors (Lipinski definition) is 2. The standard InChI is InChI=1S/C9H17F3N2O/c1-8(2,7(13)15)6-14-5-3-4-9(10,11)12/h14H,3-6H2,1-2H3,(H2,13,15). The lowest BCUT2D eigenvalue weighted by Crippen LogP contribution is -2.40. The molecule has 0 aliphatic rings. The number of alkyl halides is 3. The predicted octanol–water partition coefficient (Wildman–Crippen LogP) is 1.43. The molecular formula is C9H17F3N2O. The highest BCUT2D eigenvalue weighted by molar-refractivity contribution is 5.80. The van der Waals surface area contributed by atoms with Crippen LogP contribution in [-0.4, -0.2) is 25.2 Å². The summed E-state index contributed by atoms with van der Waals surface area (Å²) in [6, 6.07) is 0. The van der Waals surface area contributed by atoms with E-state index in [0.29, 0.717) is 6.54 Å². The van der Waals surface area contributed by atoms with Crippen LogP contribution in [0.25, 0.3) is 0 Å². The van der Waals surface area contributed by atoms with E-state index < -0.39 is 23.9 Å². The number of nitrogens with one attached hydrogen (secondary N) is 1. The van der Waals surface area contributed by atoms with E-state index in [1.54, 1.807) is 13.8 Å². The summed E-state index contributed by atoms with van der Waals surface area (Å²) in [6.45, 7) is 3.81. The monoisotopic (exact) mass is 226 g/mol. The average Bonchev–Trinajstić information content (AvgIpc) is 2.00. The Bertz CT molecular complexity index is 214. The first kappa shape index (κ1) is 14.2. The molecule has 0 unspecified atom stereocenters. The number of halogens is 3. The van der Waals surface area contributed by atoms with E-state index in [4.69, 9.17) is 5.73 Å². The van der Waals surface area contributed by atoms with E-state index >= 15 is 0 Å². The van der Waals surface area contributed by atoms with Crippen molar-refractivity contribution in [2.75, 3.05) is 13.1 Å². The van der Waals surface area contributed by atoms with Crippen LogP contribution >= 0.6 is 0 Å². The van der Waals surface area contributed by atoms with Gasteiger partial charge in [0.25, 0.3) is 0 Å². The molecule has 0 bridgehead atoms. The van der Waals surface area contributed by atoms with Gasteiger partial charge in [0.05, 0.1) is 5.41 Å². The van der Waals surface area contributed by atoms with Crippen LogP contribution in [0.15, 0.2) is 0 Å². The minimum Gasteiger partial charge on any atom is -0.369 e. The highest BCUT2D eigenvalue weighted by Crippen LogP contribution is 2.20. The molecule has 1 amide bonds. The molecule has 0 atom stereocenters. The molecule has 0 fully saturated rings. The van der Waals surface area contributed by atoms with Gasteiger partial charge < -0.3 is 11.1 Å². The number of amides is 1. The molecule has 3 nitrogen and oxygen atoms in total. The van der Waals surface area contributed by atoms with Crippen molar-refractivity contribution in [2.24, 2.45) is 11.1 Å². The molecule has 0 radical (unpaired) electrons. The predicted molar refractivity (Wildman–Crippen MR) is 51.1 cm³/mol. The largest absolute Gasteiger partial charge is 0.389 e. The Morgan fingerprint density at radius 3 is 2.27 bits per heavy atom. The second kappa shape index (κ2) is 5.34. The van der Waals surface area contributed by atoms with Crippen LogP contribution < -0.4 is 11.1 Å². The summed E-state index contributed by atoms with van der Waals surface area (Å²) >= 11 is 0. The van der Waals surface area contributed by atoms with Crippen molar-refractivity contribution in [1.29, 1.82) is 0 Å². The molecule has 0 saturated heterocycles. The Balaban J connectivity index is 3.60. The summed E-state index contributed by atoms with van der Waals surface area (Å²) < 4.78 is 35.2. The van der Waals surface area contributed by atoms with Crippen molar-refractivity contribution in [2.45, 2.75) is 32.9 Å². The maximum atomic E-state index is 11.7. The molecular weight excluding hydrogens is 209 g/mol. The Kier molecular flexibility index (Phi) is 5.07. The Hall–Kier alpha value is -0.780. The lowest BCUT2D eigenvalue weighted by atomic mass is 9.93. The summed E-state index contributed by atoms with van der Waals surface area (Å²) in [7, 11) is 0. The molecule has 0 aromatic heterocycles. The highest BCUT2D eigenvalue weighted by atomic mass is 19.4. The van der Waals surface area contributed by atoms with Gasteiger partial charge in [0.2, 0.25) is 5.91 Å². The molecule has 0 rings (SSSR count). The first-order chi connectivity index (χ1) is 6.65. The van der Waals surface area contributed by atoms with Gasteiger partial charge in [-0.15, -0.1) is 0 Å². The van der Waals surface area contributed by atoms with Crippen molar-refractivity contribution < 1.29 is 18.0 Å². The summed E-state index contributed by atoms with van der Waals surface area (Å²) in [5.74, 6) is -0.467. The van der Waals surface area contributed by atoms with Crippen molar-refractivity contribution >= 4 is 5.91 Å². The summed E-state index contributed by atoms with van der Waals surface area (Å²) in [5.41, 5.74) is 4.37. The maximum Gasteiger partial charge on any atom is 0.389 e. The molecule has 6 heteroatoms. The lowest BCUT2D eigenvalue weighted by Gasteiger charge is -2.20. The van der Waals surface area contributed by atoms with Crippen molar-refractivity contribution in [3.63, 3.8) is 0 Å². The quantitative estimate of drug-likeness (QED) is 0.673. The van der Waals surface area contributed by atoms with Gasteiger partial charge in [-0.2, -0.15) is 13.2 Å². The van der Waals surface area contributed by atoms with E-state index in [9.17, 15) is 18.0 Å². The van der Waals surface area contributed by atoms with E-state index in [0.717, 1.165) is 0 Å². The van der Waals surface area contributed by atoms with E-state index in [2.05, 4.69) is 5.32 Å². The first-order valence-electron chi connectivity index (χ1n) is 4.72. The fraction of sp³-hybridized carbons (Fsp3) is 0.889. The minimum absolute atomic E-state index is 0.0122. The van der Waals surface area contributed by atoms with Crippen LogP contribution in [0.3, 0.4) is 0 Å². The van der Waals surface area contributed by atoms with E-state index in [1.807, 2.05) is 0 Å². The van der Waals surface area contributed by atoms with Gasteiger partial charge in [0.15, 0.2) is 0 Å². The van der Waals surface area contributed by atoms with Gasteiger partial charge in [-0.1, -0.05) is 0 Å². The SMILES string of the molecule is CC(C)(CNCCCC(F)(F)F)C(N)=O. The van der Waals surface area contributed by atoms with Crippen LogP contribution in [0.2, 0.25) is 0 Å². The minimum atomic E-state index is -4.11. The number of primary amides is 1. The molecule has 0 aromatic rings. The summed E-state index contributed by atoms with van der Waals surface area (Å²) in [4.78, 5) is 10.8. The summed E-state index contributed by atoms with van der Waals surface area (Å²) in [5, 5.41) is 2.78. The molecule has 90 valence electrons. The zero-order valence-electron chi connectivity index (χ0n) is 8.95.